The van der Waals surface area contributed by atoms with Gasteiger partial charge in [-0.3, -0.25) is 19.3 Å². The van der Waals surface area contributed by atoms with E-state index in [1.165, 1.54) is 37.3 Å². The van der Waals surface area contributed by atoms with Gasteiger partial charge in [0.15, 0.2) is 0 Å². The smallest absolute Gasteiger partial charge is 0.353 e. The normalized spacial score (nSPS) is 24.0. The van der Waals surface area contributed by atoms with E-state index >= 15 is 0 Å². The van der Waals surface area contributed by atoms with E-state index in [0.29, 0.717) is 11.3 Å². The predicted molar refractivity (Wildman–Crippen MR) is 85.3 cm³/mol. The number of carboxylic acid groups (broad SMARTS) is 1. The number of fused-ring (bicyclic) bond motifs is 1. The number of β-lactam (4-membered cyclic amide) rings is 1. The number of carbonyl (C=O) groups is 4. The molecule has 24 heavy (non-hydrogen) atoms. The van der Waals surface area contributed by atoms with E-state index in [-0.39, 0.29) is 11.7 Å². The van der Waals surface area contributed by atoms with Gasteiger partial charge in [-0.05, 0) is 12.3 Å². The molecule has 8 nitrogen and oxygen atoms in total. The maximum atomic E-state index is 12.0. The average Bonchev–Trinajstić information content (AvgIpc) is 2.80. The minimum atomic E-state index is -1.22. The van der Waals surface area contributed by atoms with Crippen LogP contribution in [0, 0.1) is 5.92 Å². The van der Waals surface area contributed by atoms with E-state index < -0.39 is 35.7 Å². The minimum Gasteiger partial charge on any atom is -0.477 e. The number of aliphatic carboxylic acids is 1. The molecule has 0 radical (unpaired) electrons. The second kappa shape index (κ2) is 6.78. The first-order valence-corrected chi connectivity index (χ1v) is 8.13. The maximum Gasteiger partial charge on any atom is 0.353 e. The third kappa shape index (κ3) is 3.09. The summed E-state index contributed by atoms with van der Waals surface area (Å²) in [6.07, 6.45) is 0.635. The molecule has 2 N–H and O–H groups in total. The highest BCUT2D eigenvalue weighted by molar-refractivity contribution is 8.05. The quantitative estimate of drug-likeness (QED) is 0.533. The Morgan fingerprint density at radius 1 is 1.42 bits per heavy atom. The van der Waals surface area contributed by atoms with E-state index in [1.54, 1.807) is 0 Å². The molecule has 9 heteroatoms. The van der Waals surface area contributed by atoms with Gasteiger partial charge in [0.05, 0.1) is 18.1 Å². The Bertz CT molecular complexity index is 669. The number of rotatable bonds is 5. The van der Waals surface area contributed by atoms with Gasteiger partial charge in [-0.15, -0.1) is 0 Å². The highest BCUT2D eigenvalue weighted by Crippen LogP contribution is 2.47. The number of imide groups is 1. The van der Waals surface area contributed by atoms with Crippen LogP contribution in [0.5, 0.6) is 0 Å². The van der Waals surface area contributed by atoms with Gasteiger partial charge in [-0.25, -0.2) is 4.79 Å². The van der Waals surface area contributed by atoms with Crippen LogP contribution in [-0.4, -0.2) is 62.9 Å². The maximum absolute atomic E-state index is 12.0. The van der Waals surface area contributed by atoms with Crippen LogP contribution in [0.2, 0.25) is 0 Å². The number of aliphatic hydroxyl groups is 1. The fourth-order valence-corrected chi connectivity index (χ4v) is 3.69. The summed E-state index contributed by atoms with van der Waals surface area (Å²) in [5.41, 5.74) is -0.107. The molecule has 3 atom stereocenters. The molecule has 0 saturated carbocycles. The van der Waals surface area contributed by atoms with Crippen molar-refractivity contribution in [3.05, 3.63) is 22.1 Å². The van der Waals surface area contributed by atoms with Gasteiger partial charge in [-0.1, -0.05) is 11.8 Å². The molecule has 3 unspecified atom stereocenters. The van der Waals surface area contributed by atoms with Gasteiger partial charge in [0.2, 0.25) is 11.8 Å². The Balaban J connectivity index is 2.13. The lowest BCUT2D eigenvalue weighted by Crippen LogP contribution is -2.61. The third-order valence-corrected chi connectivity index (χ3v) is 5.03. The van der Waals surface area contributed by atoms with E-state index in [4.69, 9.17) is 0 Å². The molecule has 0 aromatic heterocycles. The summed E-state index contributed by atoms with van der Waals surface area (Å²) in [5, 5.41) is 20.4. The summed E-state index contributed by atoms with van der Waals surface area (Å²) in [6, 6.07) is -0.366. The third-order valence-electron chi connectivity index (χ3n) is 4.11. The van der Waals surface area contributed by atoms with Crippen LogP contribution in [0.1, 0.15) is 20.3 Å². The van der Waals surface area contributed by atoms with Gasteiger partial charge in [0, 0.05) is 31.4 Å². The zero-order valence-electron chi connectivity index (χ0n) is 13.4. The van der Waals surface area contributed by atoms with Gasteiger partial charge in [-0.2, -0.15) is 0 Å². The van der Waals surface area contributed by atoms with Crippen molar-refractivity contribution in [2.24, 2.45) is 5.92 Å². The summed E-state index contributed by atoms with van der Waals surface area (Å²) in [4.78, 5) is 48.8. The topological polar surface area (TPSA) is 115 Å². The Labute approximate surface area is 142 Å². The number of carbonyl (C=O) groups excluding carboxylic acids is 3. The first kappa shape index (κ1) is 18.2. The fourth-order valence-electron chi connectivity index (χ4n) is 2.78. The Morgan fingerprint density at radius 2 is 2.04 bits per heavy atom. The fraction of sp³-hybridized carbons (Fsp3) is 0.467. The molecule has 0 bridgehead atoms. The number of likely N-dealkylation sites (N-methyl/N-ethyl adjacent to an activating group) is 1. The van der Waals surface area contributed by atoms with E-state index in [1.807, 2.05) is 0 Å². The van der Waals surface area contributed by atoms with Crippen LogP contribution < -0.4 is 0 Å². The minimum absolute atomic E-state index is 0.107. The molecule has 1 fully saturated rings. The number of aliphatic hydroxyl groups excluding tert-OH is 1. The van der Waals surface area contributed by atoms with Crippen molar-refractivity contribution in [2.45, 2.75) is 32.4 Å². The summed E-state index contributed by atoms with van der Waals surface area (Å²) in [7, 11) is 1.34. The van der Waals surface area contributed by atoms with E-state index in [9.17, 15) is 29.4 Å². The first-order chi connectivity index (χ1) is 11.2. The number of thioether (sulfide) groups is 1. The van der Waals surface area contributed by atoms with E-state index in [2.05, 4.69) is 0 Å². The predicted octanol–water partition coefficient (Wildman–Crippen LogP) is 0.146. The second-order valence-corrected chi connectivity index (χ2v) is 6.66. The first-order valence-electron chi connectivity index (χ1n) is 7.25. The number of hydrogen-bond acceptors (Lipinski definition) is 6. The molecular formula is C15H18N2O6S. The number of hydrogen-bond donors (Lipinski definition) is 2. The Morgan fingerprint density at radius 3 is 2.54 bits per heavy atom. The van der Waals surface area contributed by atoms with Crippen molar-refractivity contribution < 1.29 is 29.4 Å². The molecule has 130 valence electrons. The zero-order valence-corrected chi connectivity index (χ0v) is 14.2. The second-order valence-electron chi connectivity index (χ2n) is 5.66. The summed E-state index contributed by atoms with van der Waals surface area (Å²) in [6.45, 7) is 2.76. The van der Waals surface area contributed by atoms with Crippen LogP contribution in [0.15, 0.2) is 22.1 Å². The number of carboxylic acids is 1. The summed E-state index contributed by atoms with van der Waals surface area (Å²) < 4.78 is 0. The van der Waals surface area contributed by atoms with Crippen molar-refractivity contribution in [1.29, 1.82) is 0 Å². The van der Waals surface area contributed by atoms with Crippen molar-refractivity contribution in [2.75, 3.05) is 7.05 Å². The molecule has 1 saturated heterocycles. The van der Waals surface area contributed by atoms with Crippen molar-refractivity contribution in [1.82, 2.24) is 9.80 Å². The molecule has 0 aliphatic carbocycles. The Hall–Kier alpha value is -2.13. The number of amides is 3. The molecule has 0 aromatic rings. The highest BCUT2D eigenvalue weighted by Gasteiger charge is 2.56. The van der Waals surface area contributed by atoms with Crippen LogP contribution in [0.3, 0.4) is 0 Å². The molecule has 3 amide bonds. The molecular weight excluding hydrogens is 336 g/mol. The lowest BCUT2D eigenvalue weighted by atomic mass is 9.83. The highest BCUT2D eigenvalue weighted by atomic mass is 32.2. The van der Waals surface area contributed by atoms with Crippen molar-refractivity contribution >= 4 is 35.5 Å². The lowest BCUT2D eigenvalue weighted by Gasteiger charge is -2.44. The van der Waals surface area contributed by atoms with Gasteiger partial charge < -0.3 is 15.1 Å². The average molecular weight is 354 g/mol. The summed E-state index contributed by atoms with van der Waals surface area (Å²) >= 11 is 1.03. The monoisotopic (exact) mass is 354 g/mol. The molecule has 0 aromatic carbocycles. The zero-order chi connectivity index (χ0) is 18.2. The van der Waals surface area contributed by atoms with Crippen molar-refractivity contribution in [3.63, 3.8) is 0 Å². The molecule has 2 heterocycles. The molecule has 0 spiro atoms. The standard InChI is InChI=1S/C15H18N2O6S/c1-7(18)12-9-6-10(13(15(22)23)17(9)14(12)21)24-5-4-11(20)16(3)8(2)19/h4-5,7,9,12,18H,6H2,1-3H3,(H,22,23)/b5-4+. The van der Waals surface area contributed by atoms with Crippen LogP contribution in [0.25, 0.3) is 0 Å². The number of nitrogens with zero attached hydrogens (tertiary/aromatic N) is 2. The SMILES string of the molecule is CC(=O)N(C)C(=O)/C=C/SC1=C(C(=O)O)N2C(=O)C(C(C)O)C2C1. The Kier molecular flexibility index (Phi) is 5.14. The molecule has 2 aliphatic rings. The summed E-state index contributed by atoms with van der Waals surface area (Å²) in [5.74, 6) is -3.16. The van der Waals surface area contributed by atoms with E-state index in [0.717, 1.165) is 16.7 Å². The van der Waals surface area contributed by atoms with Gasteiger partial charge in [0.25, 0.3) is 5.91 Å². The molecule has 2 rings (SSSR count). The molecule has 2 aliphatic heterocycles. The largest absolute Gasteiger partial charge is 0.477 e. The van der Waals surface area contributed by atoms with Gasteiger partial charge in [0.1, 0.15) is 5.70 Å². The van der Waals surface area contributed by atoms with Crippen LogP contribution in [0.4, 0.5) is 0 Å². The van der Waals surface area contributed by atoms with Crippen LogP contribution in [-0.2, 0) is 19.2 Å². The van der Waals surface area contributed by atoms with Crippen LogP contribution >= 0.6 is 11.8 Å². The van der Waals surface area contributed by atoms with Gasteiger partial charge >= 0.3 is 5.97 Å². The van der Waals surface area contributed by atoms with Crippen molar-refractivity contribution in [3.8, 4) is 0 Å². The lowest BCUT2D eigenvalue weighted by molar-refractivity contribution is -0.161.